The maximum Gasteiger partial charge on any atom is 0.229 e. The van der Waals surface area contributed by atoms with Crippen molar-refractivity contribution in [2.75, 3.05) is 18.5 Å². The van der Waals surface area contributed by atoms with Crippen molar-refractivity contribution < 1.29 is 13.9 Å². The first kappa shape index (κ1) is 13.0. The molecule has 4 nitrogen and oxygen atoms in total. The number of benzene rings is 1. The van der Waals surface area contributed by atoms with Crippen LogP contribution in [0.1, 0.15) is 18.4 Å². The summed E-state index contributed by atoms with van der Waals surface area (Å²) in [6, 6.07) is 4.59. The number of amides is 1. The molecule has 1 amide bonds. The number of rotatable bonds is 3. The Morgan fingerprint density at radius 2 is 2.39 bits per heavy atom. The van der Waals surface area contributed by atoms with Crippen molar-refractivity contribution in [3.8, 4) is 0 Å². The third-order valence-corrected chi connectivity index (χ3v) is 3.06. The van der Waals surface area contributed by atoms with Gasteiger partial charge in [0, 0.05) is 13.2 Å². The normalized spacial score (nSPS) is 19.6. The Labute approximate surface area is 105 Å². The van der Waals surface area contributed by atoms with E-state index in [4.69, 9.17) is 10.5 Å². The molecule has 1 heterocycles. The van der Waals surface area contributed by atoms with Gasteiger partial charge in [0.25, 0.3) is 0 Å². The minimum absolute atomic E-state index is 0.186. The molecule has 0 aliphatic carbocycles. The van der Waals surface area contributed by atoms with Gasteiger partial charge in [0.05, 0.1) is 18.2 Å². The van der Waals surface area contributed by atoms with Gasteiger partial charge in [0.1, 0.15) is 5.82 Å². The monoisotopic (exact) mass is 252 g/mol. The fraction of sp³-hybridized carbons (Fsp3) is 0.462. The molecular weight excluding hydrogens is 235 g/mol. The molecule has 0 spiro atoms. The second-order valence-corrected chi connectivity index (χ2v) is 4.42. The predicted molar refractivity (Wildman–Crippen MR) is 66.5 cm³/mol. The lowest BCUT2D eigenvalue weighted by atomic mass is 10.0. The Morgan fingerprint density at radius 1 is 1.56 bits per heavy atom. The van der Waals surface area contributed by atoms with Gasteiger partial charge in [-0.05, 0) is 30.5 Å². The number of carbonyl (C=O) groups is 1. The minimum Gasteiger partial charge on any atom is -0.381 e. The Kier molecular flexibility index (Phi) is 4.28. The Hall–Kier alpha value is -1.46. The van der Waals surface area contributed by atoms with Gasteiger partial charge >= 0.3 is 0 Å². The first-order valence-corrected chi connectivity index (χ1v) is 6.08. The number of hydrogen-bond donors (Lipinski definition) is 2. The molecular formula is C13H17FN2O2. The summed E-state index contributed by atoms with van der Waals surface area (Å²) in [5.41, 5.74) is 6.31. The van der Waals surface area contributed by atoms with Crippen molar-refractivity contribution in [1.82, 2.24) is 0 Å². The lowest BCUT2D eigenvalue weighted by Crippen LogP contribution is -2.30. The number of ether oxygens (including phenoxy) is 1. The standard InChI is InChI=1S/C13H17FN2O2/c14-11-6-9(7-15)3-4-12(11)16-13(17)10-2-1-5-18-8-10/h3-4,6,10H,1-2,5,7-8,15H2,(H,16,17). The number of nitrogens with two attached hydrogens (primary N) is 1. The highest BCUT2D eigenvalue weighted by Gasteiger charge is 2.22. The molecule has 2 rings (SSSR count). The van der Waals surface area contributed by atoms with Crippen molar-refractivity contribution >= 4 is 11.6 Å². The first-order chi connectivity index (χ1) is 8.70. The summed E-state index contributed by atoms with van der Waals surface area (Å²) in [7, 11) is 0. The van der Waals surface area contributed by atoms with E-state index >= 15 is 0 Å². The number of halogens is 1. The Bertz CT molecular complexity index is 431. The van der Waals surface area contributed by atoms with Crippen molar-refractivity contribution in [3.63, 3.8) is 0 Å². The van der Waals surface area contributed by atoms with Gasteiger partial charge < -0.3 is 15.8 Å². The fourth-order valence-electron chi connectivity index (χ4n) is 1.97. The SMILES string of the molecule is NCc1ccc(NC(=O)C2CCCOC2)c(F)c1. The number of anilines is 1. The van der Waals surface area contributed by atoms with Crippen LogP contribution in [-0.2, 0) is 16.1 Å². The molecule has 98 valence electrons. The van der Waals surface area contributed by atoms with Crippen molar-refractivity contribution in [3.05, 3.63) is 29.6 Å². The Balaban J connectivity index is 2.02. The molecule has 0 radical (unpaired) electrons. The zero-order valence-corrected chi connectivity index (χ0v) is 10.1. The molecule has 18 heavy (non-hydrogen) atoms. The van der Waals surface area contributed by atoms with E-state index in [2.05, 4.69) is 5.32 Å². The molecule has 1 saturated heterocycles. The topological polar surface area (TPSA) is 64.3 Å². The van der Waals surface area contributed by atoms with E-state index in [9.17, 15) is 9.18 Å². The first-order valence-electron chi connectivity index (χ1n) is 6.08. The number of carbonyl (C=O) groups excluding carboxylic acids is 1. The van der Waals surface area contributed by atoms with Crippen LogP contribution < -0.4 is 11.1 Å². The molecule has 1 fully saturated rings. The van der Waals surface area contributed by atoms with E-state index in [0.717, 1.165) is 12.8 Å². The van der Waals surface area contributed by atoms with Crippen molar-refractivity contribution in [2.24, 2.45) is 11.7 Å². The van der Waals surface area contributed by atoms with Crippen LogP contribution in [0.4, 0.5) is 10.1 Å². The van der Waals surface area contributed by atoms with E-state index in [1.807, 2.05) is 0 Å². The van der Waals surface area contributed by atoms with Gasteiger partial charge in [-0.1, -0.05) is 6.07 Å². The largest absolute Gasteiger partial charge is 0.381 e. The molecule has 0 aromatic heterocycles. The third kappa shape index (κ3) is 3.05. The number of nitrogens with one attached hydrogen (secondary N) is 1. The van der Waals surface area contributed by atoms with Gasteiger partial charge in [-0.15, -0.1) is 0 Å². The van der Waals surface area contributed by atoms with E-state index in [-0.39, 0.29) is 24.1 Å². The third-order valence-electron chi connectivity index (χ3n) is 3.06. The van der Waals surface area contributed by atoms with Gasteiger partial charge in [-0.3, -0.25) is 4.79 Å². The van der Waals surface area contributed by atoms with Crippen LogP contribution in [0, 0.1) is 11.7 Å². The van der Waals surface area contributed by atoms with E-state index in [1.54, 1.807) is 12.1 Å². The average Bonchev–Trinajstić information content (AvgIpc) is 2.42. The quantitative estimate of drug-likeness (QED) is 0.859. The molecule has 0 saturated carbocycles. The van der Waals surface area contributed by atoms with E-state index < -0.39 is 5.82 Å². The lowest BCUT2D eigenvalue weighted by Gasteiger charge is -2.21. The van der Waals surface area contributed by atoms with E-state index in [0.29, 0.717) is 18.8 Å². The minimum atomic E-state index is -0.456. The highest BCUT2D eigenvalue weighted by Crippen LogP contribution is 2.19. The van der Waals surface area contributed by atoms with Crippen LogP contribution in [0.5, 0.6) is 0 Å². The zero-order valence-electron chi connectivity index (χ0n) is 10.1. The number of hydrogen-bond acceptors (Lipinski definition) is 3. The molecule has 1 atom stereocenters. The van der Waals surface area contributed by atoms with Gasteiger partial charge in [-0.25, -0.2) is 4.39 Å². The van der Waals surface area contributed by atoms with Crippen LogP contribution in [-0.4, -0.2) is 19.1 Å². The van der Waals surface area contributed by atoms with Crippen LogP contribution in [0.3, 0.4) is 0 Å². The van der Waals surface area contributed by atoms with Crippen LogP contribution in [0.15, 0.2) is 18.2 Å². The molecule has 1 unspecified atom stereocenters. The summed E-state index contributed by atoms with van der Waals surface area (Å²) in [5, 5.41) is 2.60. The highest BCUT2D eigenvalue weighted by atomic mass is 19.1. The second-order valence-electron chi connectivity index (χ2n) is 4.42. The summed E-state index contributed by atoms with van der Waals surface area (Å²) in [4.78, 5) is 11.9. The molecule has 5 heteroatoms. The summed E-state index contributed by atoms with van der Waals surface area (Å²) in [5.74, 6) is -0.829. The Morgan fingerprint density at radius 3 is 3.00 bits per heavy atom. The zero-order chi connectivity index (χ0) is 13.0. The summed E-state index contributed by atoms with van der Waals surface area (Å²) >= 11 is 0. The molecule has 1 aromatic carbocycles. The lowest BCUT2D eigenvalue weighted by molar-refractivity contribution is -0.123. The van der Waals surface area contributed by atoms with E-state index in [1.165, 1.54) is 6.07 Å². The van der Waals surface area contributed by atoms with Crippen molar-refractivity contribution in [2.45, 2.75) is 19.4 Å². The average molecular weight is 252 g/mol. The molecule has 1 aliphatic heterocycles. The summed E-state index contributed by atoms with van der Waals surface area (Å²) in [6.45, 7) is 1.39. The molecule has 0 bridgehead atoms. The molecule has 1 aromatic rings. The van der Waals surface area contributed by atoms with Gasteiger partial charge in [-0.2, -0.15) is 0 Å². The molecule has 3 N–H and O–H groups in total. The molecule has 1 aliphatic rings. The summed E-state index contributed by atoms with van der Waals surface area (Å²) in [6.07, 6.45) is 1.65. The maximum atomic E-state index is 13.7. The fourth-order valence-corrected chi connectivity index (χ4v) is 1.97. The van der Waals surface area contributed by atoms with Crippen LogP contribution >= 0.6 is 0 Å². The van der Waals surface area contributed by atoms with Gasteiger partial charge in [0.15, 0.2) is 0 Å². The van der Waals surface area contributed by atoms with Crippen molar-refractivity contribution in [1.29, 1.82) is 0 Å². The summed E-state index contributed by atoms with van der Waals surface area (Å²) < 4.78 is 18.9. The second kappa shape index (κ2) is 5.93. The van der Waals surface area contributed by atoms with Crippen LogP contribution in [0.25, 0.3) is 0 Å². The van der Waals surface area contributed by atoms with Gasteiger partial charge in [0.2, 0.25) is 5.91 Å². The highest BCUT2D eigenvalue weighted by molar-refractivity contribution is 5.92. The maximum absolute atomic E-state index is 13.7. The van der Waals surface area contributed by atoms with Crippen LogP contribution in [0.2, 0.25) is 0 Å². The smallest absolute Gasteiger partial charge is 0.229 e. The predicted octanol–water partition coefficient (Wildman–Crippen LogP) is 1.65.